The lowest BCUT2D eigenvalue weighted by Gasteiger charge is -2.40. The van der Waals surface area contributed by atoms with E-state index in [0.717, 1.165) is 27.0 Å². The van der Waals surface area contributed by atoms with Crippen LogP contribution in [-0.2, 0) is 0 Å². The number of nitrogens with one attached hydrogen (secondary N) is 1. The van der Waals surface area contributed by atoms with Gasteiger partial charge in [-0.15, -0.1) is 23.1 Å². The van der Waals surface area contributed by atoms with Crippen LogP contribution in [0.15, 0.2) is 33.8 Å². The quantitative estimate of drug-likeness (QED) is 0.562. The maximum Gasteiger partial charge on any atom is 0.159 e. The zero-order valence-electron chi connectivity index (χ0n) is 11.9. The molecule has 2 aliphatic carbocycles. The van der Waals surface area contributed by atoms with Gasteiger partial charge in [-0.2, -0.15) is 0 Å². The van der Waals surface area contributed by atoms with E-state index in [9.17, 15) is 0 Å². The second-order valence-corrected chi connectivity index (χ2v) is 10.6. The van der Waals surface area contributed by atoms with Gasteiger partial charge in [-0.1, -0.05) is 28.1 Å². The number of aromatic amines is 1. The highest BCUT2D eigenvalue weighted by molar-refractivity contribution is 9.10. The highest BCUT2D eigenvalue weighted by Crippen LogP contribution is 2.64. The monoisotopic (exact) mass is 409 g/mol. The molecule has 2 heterocycles. The molecule has 2 saturated carbocycles. The molecule has 5 atom stereocenters. The first-order chi connectivity index (χ1) is 10.7. The van der Waals surface area contributed by atoms with Crippen LogP contribution in [0.3, 0.4) is 0 Å². The average molecular weight is 410 g/mol. The van der Waals surface area contributed by atoms with Crippen molar-refractivity contribution in [1.29, 1.82) is 0 Å². The molecule has 114 valence electrons. The Balaban J connectivity index is 1.70. The van der Waals surface area contributed by atoms with Crippen LogP contribution in [0.25, 0.3) is 0 Å². The largest absolute Gasteiger partial charge is 0.332 e. The maximum absolute atomic E-state index is 5.46. The van der Waals surface area contributed by atoms with Gasteiger partial charge < -0.3 is 4.98 Å². The number of fused-ring (bicyclic) bond motifs is 6. The lowest BCUT2D eigenvalue weighted by molar-refractivity contribution is 0.307. The number of H-pyrrole nitrogens is 1. The van der Waals surface area contributed by atoms with Gasteiger partial charge >= 0.3 is 0 Å². The number of rotatable bonds is 1. The third-order valence-electron chi connectivity index (χ3n) is 5.67. The number of aromatic nitrogens is 1. The summed E-state index contributed by atoms with van der Waals surface area (Å²) in [6, 6.07) is 8.92. The summed E-state index contributed by atoms with van der Waals surface area (Å²) in [5.74, 6) is 3.17. The molecule has 0 radical (unpaired) electrons. The minimum absolute atomic E-state index is 0.534. The molecule has 1 N–H and O–H groups in total. The van der Waals surface area contributed by atoms with Gasteiger partial charge in [0.05, 0.1) is 5.03 Å². The molecule has 0 spiro atoms. The molecule has 1 aromatic heterocycles. The first kappa shape index (κ1) is 14.3. The van der Waals surface area contributed by atoms with E-state index in [4.69, 9.17) is 12.2 Å². The van der Waals surface area contributed by atoms with Crippen LogP contribution < -0.4 is 0 Å². The molecule has 2 aromatic rings. The molecular weight excluding hydrogens is 394 g/mol. The summed E-state index contributed by atoms with van der Waals surface area (Å²) in [4.78, 5) is 4.96. The SMILES string of the molecule is S=c1[nH]c2c(s1)C(c1cccc(Br)c1)C1C3CCC(C3)C1S2. The zero-order valence-corrected chi connectivity index (χ0v) is 16.0. The van der Waals surface area contributed by atoms with Crippen LogP contribution >= 0.6 is 51.2 Å². The van der Waals surface area contributed by atoms with Gasteiger partial charge in [0.2, 0.25) is 0 Å². The summed E-state index contributed by atoms with van der Waals surface area (Å²) in [6.45, 7) is 0. The third kappa shape index (κ3) is 2.05. The van der Waals surface area contributed by atoms with Crippen molar-refractivity contribution in [2.45, 2.75) is 35.5 Å². The summed E-state index contributed by atoms with van der Waals surface area (Å²) in [6.07, 6.45) is 4.31. The van der Waals surface area contributed by atoms with Gasteiger partial charge in [0.1, 0.15) is 0 Å². The van der Waals surface area contributed by atoms with Crippen molar-refractivity contribution in [2.75, 3.05) is 0 Å². The van der Waals surface area contributed by atoms with E-state index < -0.39 is 0 Å². The summed E-state index contributed by atoms with van der Waals surface area (Å²) >= 11 is 13.0. The van der Waals surface area contributed by atoms with Crippen LogP contribution in [0, 0.1) is 21.7 Å². The molecule has 0 saturated heterocycles. The predicted octanol–water partition coefficient (Wildman–Crippen LogP) is 6.22. The molecule has 1 aliphatic heterocycles. The molecule has 5 unspecified atom stereocenters. The molecule has 1 aromatic carbocycles. The van der Waals surface area contributed by atoms with E-state index in [1.807, 2.05) is 0 Å². The average Bonchev–Trinajstić information content (AvgIpc) is 3.17. The summed E-state index contributed by atoms with van der Waals surface area (Å²) in [7, 11) is 0. The van der Waals surface area contributed by atoms with Crippen molar-refractivity contribution in [3.05, 3.63) is 43.1 Å². The fourth-order valence-electron chi connectivity index (χ4n) is 4.92. The van der Waals surface area contributed by atoms with Crippen LogP contribution in [0.2, 0.25) is 0 Å². The maximum atomic E-state index is 5.46. The van der Waals surface area contributed by atoms with Crippen molar-refractivity contribution in [2.24, 2.45) is 17.8 Å². The van der Waals surface area contributed by atoms with Gasteiger partial charge in [0.25, 0.3) is 0 Å². The second-order valence-electron chi connectivity index (χ2n) is 6.73. The van der Waals surface area contributed by atoms with Gasteiger partial charge in [-0.05, 0) is 66.9 Å². The molecule has 2 bridgehead atoms. The molecule has 5 heteroatoms. The standard InChI is InChI=1S/C17H16BrNS3/c18-11-3-1-2-8(7-11)13-12-9-4-5-10(6-9)14(12)21-16-15(13)22-17(20)19-16/h1-3,7,9-10,12-14H,4-6H2,(H,19,20). The lowest BCUT2D eigenvalue weighted by Crippen LogP contribution is -2.33. The predicted molar refractivity (Wildman–Crippen MR) is 99.5 cm³/mol. The van der Waals surface area contributed by atoms with Crippen molar-refractivity contribution in [1.82, 2.24) is 4.98 Å². The Morgan fingerprint density at radius 3 is 2.95 bits per heavy atom. The van der Waals surface area contributed by atoms with E-state index >= 15 is 0 Å². The van der Waals surface area contributed by atoms with E-state index in [-0.39, 0.29) is 0 Å². The van der Waals surface area contributed by atoms with Crippen LogP contribution in [0.4, 0.5) is 0 Å². The Labute approximate surface area is 152 Å². The van der Waals surface area contributed by atoms with Crippen molar-refractivity contribution >= 4 is 51.2 Å². The Morgan fingerprint density at radius 1 is 1.23 bits per heavy atom. The van der Waals surface area contributed by atoms with Crippen molar-refractivity contribution < 1.29 is 0 Å². The smallest absolute Gasteiger partial charge is 0.159 e. The summed E-state index contributed by atoms with van der Waals surface area (Å²) in [5, 5.41) is 2.14. The fourth-order valence-corrected chi connectivity index (χ4v) is 8.68. The Bertz CT molecular complexity index is 795. The van der Waals surface area contributed by atoms with E-state index in [1.165, 1.54) is 39.2 Å². The van der Waals surface area contributed by atoms with Gasteiger partial charge in [0, 0.05) is 20.5 Å². The number of thiazole rings is 1. The zero-order chi connectivity index (χ0) is 14.8. The highest BCUT2D eigenvalue weighted by Gasteiger charge is 2.54. The topological polar surface area (TPSA) is 15.8 Å². The molecule has 22 heavy (non-hydrogen) atoms. The first-order valence-corrected chi connectivity index (χ1v) is 10.8. The number of halogens is 1. The molecule has 2 fully saturated rings. The van der Waals surface area contributed by atoms with E-state index in [0.29, 0.717) is 5.92 Å². The number of hydrogen-bond donors (Lipinski definition) is 1. The van der Waals surface area contributed by atoms with Gasteiger partial charge in [0.15, 0.2) is 3.95 Å². The molecule has 0 amide bonds. The van der Waals surface area contributed by atoms with Crippen LogP contribution in [0.1, 0.15) is 35.6 Å². The number of benzene rings is 1. The summed E-state index contributed by atoms with van der Waals surface area (Å²) in [5.41, 5.74) is 1.46. The van der Waals surface area contributed by atoms with Gasteiger partial charge in [-0.25, -0.2) is 0 Å². The Hall–Kier alpha value is -0.100. The highest BCUT2D eigenvalue weighted by atomic mass is 79.9. The van der Waals surface area contributed by atoms with Crippen LogP contribution in [-0.4, -0.2) is 10.2 Å². The molecule has 3 aliphatic rings. The third-order valence-corrected chi connectivity index (χ3v) is 9.14. The molecule has 1 nitrogen and oxygen atoms in total. The van der Waals surface area contributed by atoms with E-state index in [2.05, 4.69) is 56.9 Å². The fraction of sp³-hybridized carbons (Fsp3) is 0.471. The Kier molecular flexibility index (Phi) is 3.37. The number of thioether (sulfide) groups is 1. The van der Waals surface area contributed by atoms with E-state index in [1.54, 1.807) is 11.3 Å². The number of hydrogen-bond acceptors (Lipinski definition) is 3. The summed E-state index contributed by atoms with van der Waals surface area (Å²) < 4.78 is 2.12. The second kappa shape index (κ2) is 5.20. The van der Waals surface area contributed by atoms with Crippen molar-refractivity contribution in [3.63, 3.8) is 0 Å². The minimum atomic E-state index is 0.534. The lowest BCUT2D eigenvalue weighted by atomic mass is 9.75. The normalized spacial score (nSPS) is 35.4. The first-order valence-electron chi connectivity index (χ1n) is 7.86. The Morgan fingerprint density at radius 2 is 2.09 bits per heavy atom. The van der Waals surface area contributed by atoms with Gasteiger partial charge in [-0.3, -0.25) is 0 Å². The van der Waals surface area contributed by atoms with Crippen LogP contribution in [0.5, 0.6) is 0 Å². The minimum Gasteiger partial charge on any atom is -0.332 e. The molecule has 5 rings (SSSR count). The van der Waals surface area contributed by atoms with Crippen molar-refractivity contribution in [3.8, 4) is 0 Å². The molecular formula is C17H16BrNS3.